The Hall–Kier alpha value is -4.41. The molecule has 6 aromatic rings. The van der Waals surface area contributed by atoms with Crippen LogP contribution in [0.3, 0.4) is 0 Å². The van der Waals surface area contributed by atoms with Gasteiger partial charge in [0.25, 0.3) is 0 Å². The molecule has 4 aromatic carbocycles. The summed E-state index contributed by atoms with van der Waals surface area (Å²) in [6.07, 6.45) is 5.09. The topological polar surface area (TPSA) is 60.5 Å². The van der Waals surface area contributed by atoms with Crippen LogP contribution in [0.5, 0.6) is 23.0 Å². The van der Waals surface area contributed by atoms with Crippen molar-refractivity contribution >= 4 is 48.6 Å². The Morgan fingerprint density at radius 3 is 1.33 bits per heavy atom. The molecule has 2 aliphatic rings. The fourth-order valence-corrected chi connectivity index (χ4v) is 9.86. The van der Waals surface area contributed by atoms with E-state index in [2.05, 4.69) is 34.1 Å². The maximum atomic E-state index is 15.3. The first kappa shape index (κ1) is 34.7. The summed E-state index contributed by atoms with van der Waals surface area (Å²) < 4.78 is 25.4. The van der Waals surface area contributed by atoms with Crippen molar-refractivity contribution in [1.29, 1.82) is 0 Å². The average Bonchev–Trinajstić information content (AvgIpc) is 4.01. The maximum Gasteiger partial charge on any atom is 0.197 e. The van der Waals surface area contributed by atoms with Crippen LogP contribution in [0.1, 0.15) is 41.6 Å². The van der Waals surface area contributed by atoms with Gasteiger partial charge in [-0.15, -0.1) is 22.7 Å². The van der Waals surface area contributed by atoms with Crippen LogP contribution in [-0.4, -0.2) is 82.3 Å². The van der Waals surface area contributed by atoms with Crippen LogP contribution in [-0.2, 0) is 0 Å². The maximum absolute atomic E-state index is 15.3. The Labute approximate surface area is 313 Å². The van der Waals surface area contributed by atoms with Gasteiger partial charge in [-0.1, -0.05) is 0 Å². The zero-order valence-corrected chi connectivity index (χ0v) is 31.5. The van der Waals surface area contributed by atoms with Gasteiger partial charge in [0.15, 0.2) is 5.78 Å². The number of rotatable bonds is 14. The standard InChI is InChI=1S/C43H44N2O5S2/c1-47-33-15-17-35-37(27-33)51-42(29-7-11-31(12-8-29)49-25-23-44-19-3-4-20-44)39(35)41(46)40-36-18-16-34(48-2)28-38(36)52-43(40)30-9-13-32(14-10-30)50-26-24-45-21-5-6-22-45/h7-18,27-28H,3-6,19-26H2,1-2H3. The van der Waals surface area contributed by atoms with Gasteiger partial charge in [-0.2, -0.15) is 0 Å². The van der Waals surface area contributed by atoms with Crippen molar-refractivity contribution in [2.75, 3.05) is 66.7 Å². The van der Waals surface area contributed by atoms with Crippen molar-refractivity contribution in [2.45, 2.75) is 25.7 Å². The normalized spacial score (nSPS) is 15.1. The SMILES string of the molecule is COc1ccc2c(C(=O)c3c(-c4ccc(OCCN5CCCC5)cc4)sc4cc(OC)ccc34)c(-c3ccc(OCCN4CCCC4)cc3)sc2c1. The molecule has 0 unspecified atom stereocenters. The summed E-state index contributed by atoms with van der Waals surface area (Å²) in [5.41, 5.74) is 3.36. The van der Waals surface area contributed by atoms with E-state index >= 15 is 4.79 Å². The Morgan fingerprint density at radius 2 is 0.942 bits per heavy atom. The second kappa shape index (κ2) is 15.7. The number of carbonyl (C=O) groups is 1. The quantitative estimate of drug-likeness (QED) is 0.103. The van der Waals surface area contributed by atoms with Gasteiger partial charge in [-0.3, -0.25) is 14.6 Å². The second-order valence-corrected chi connectivity index (χ2v) is 15.6. The lowest BCUT2D eigenvalue weighted by Gasteiger charge is -2.15. The third-order valence-electron chi connectivity index (χ3n) is 10.2. The number of likely N-dealkylation sites (tertiary alicyclic amines) is 2. The molecule has 2 aromatic heterocycles. The first-order valence-electron chi connectivity index (χ1n) is 18.2. The second-order valence-electron chi connectivity index (χ2n) is 13.5. The Kier molecular flexibility index (Phi) is 10.5. The number of ketones is 1. The van der Waals surface area contributed by atoms with Gasteiger partial charge in [0.2, 0.25) is 0 Å². The molecule has 2 aliphatic heterocycles. The monoisotopic (exact) mass is 732 g/mol. The van der Waals surface area contributed by atoms with Crippen LogP contribution in [0.25, 0.3) is 41.1 Å². The van der Waals surface area contributed by atoms with Crippen LogP contribution in [0.15, 0.2) is 84.9 Å². The zero-order valence-electron chi connectivity index (χ0n) is 29.8. The van der Waals surface area contributed by atoms with Crippen molar-refractivity contribution < 1.29 is 23.7 Å². The molecule has 52 heavy (non-hydrogen) atoms. The number of ether oxygens (including phenoxy) is 4. The molecular weight excluding hydrogens is 689 g/mol. The molecule has 0 atom stereocenters. The zero-order chi connectivity index (χ0) is 35.4. The summed E-state index contributed by atoms with van der Waals surface area (Å²) in [6.45, 7) is 7.83. The van der Waals surface area contributed by atoms with Gasteiger partial charge in [0.05, 0.1) is 14.2 Å². The lowest BCUT2D eigenvalue weighted by atomic mass is 9.94. The molecule has 0 bridgehead atoms. The number of carbonyl (C=O) groups excluding carboxylic acids is 1. The van der Waals surface area contributed by atoms with E-state index in [9.17, 15) is 0 Å². The highest BCUT2D eigenvalue weighted by Gasteiger charge is 2.28. The van der Waals surface area contributed by atoms with Gasteiger partial charge in [-0.05, 0) is 148 Å². The Morgan fingerprint density at radius 1 is 0.558 bits per heavy atom. The summed E-state index contributed by atoms with van der Waals surface area (Å²) in [6, 6.07) is 28.3. The fourth-order valence-electron chi connectivity index (χ4n) is 7.39. The molecule has 0 saturated carbocycles. The molecule has 2 fully saturated rings. The van der Waals surface area contributed by atoms with E-state index < -0.39 is 0 Å². The predicted octanol–water partition coefficient (Wildman–Crippen LogP) is 9.65. The van der Waals surface area contributed by atoms with Crippen molar-refractivity contribution in [3.05, 3.63) is 96.1 Å². The number of thiophene rings is 2. The summed E-state index contributed by atoms with van der Waals surface area (Å²) in [7, 11) is 3.35. The Balaban J connectivity index is 1.15. The molecule has 7 nitrogen and oxygen atoms in total. The number of nitrogens with zero attached hydrogens (tertiary/aromatic N) is 2. The molecule has 0 amide bonds. The minimum absolute atomic E-state index is 0.00490. The number of hydrogen-bond donors (Lipinski definition) is 0. The summed E-state index contributed by atoms with van der Waals surface area (Å²) in [4.78, 5) is 22.0. The molecule has 9 heteroatoms. The summed E-state index contributed by atoms with van der Waals surface area (Å²) in [5.74, 6) is 3.19. The lowest BCUT2D eigenvalue weighted by molar-refractivity contribution is 0.104. The van der Waals surface area contributed by atoms with Gasteiger partial charge < -0.3 is 18.9 Å². The third-order valence-corrected chi connectivity index (χ3v) is 12.6. The predicted molar refractivity (Wildman–Crippen MR) is 213 cm³/mol. The molecule has 268 valence electrons. The number of hydrogen-bond acceptors (Lipinski definition) is 9. The van der Waals surface area contributed by atoms with Crippen molar-refractivity contribution in [3.8, 4) is 43.9 Å². The van der Waals surface area contributed by atoms with Crippen molar-refractivity contribution in [3.63, 3.8) is 0 Å². The minimum atomic E-state index is -0.00490. The van der Waals surface area contributed by atoms with Crippen LogP contribution in [0.4, 0.5) is 0 Å². The molecule has 4 heterocycles. The molecule has 8 rings (SSSR count). The van der Waals surface area contributed by atoms with E-state index in [1.54, 1.807) is 36.9 Å². The molecule has 0 radical (unpaired) electrons. The lowest BCUT2D eigenvalue weighted by Crippen LogP contribution is -2.25. The fraction of sp³-hybridized carbons (Fsp3) is 0.326. The highest BCUT2D eigenvalue weighted by Crippen LogP contribution is 2.46. The van der Waals surface area contributed by atoms with Gasteiger partial charge in [0, 0.05) is 54.1 Å². The van der Waals surface area contributed by atoms with E-state index in [4.69, 9.17) is 18.9 Å². The largest absolute Gasteiger partial charge is 0.497 e. The van der Waals surface area contributed by atoms with Gasteiger partial charge in [-0.25, -0.2) is 0 Å². The average molecular weight is 733 g/mol. The first-order valence-corrected chi connectivity index (χ1v) is 19.9. The van der Waals surface area contributed by atoms with E-state index in [0.29, 0.717) is 24.3 Å². The van der Waals surface area contributed by atoms with Crippen LogP contribution in [0, 0.1) is 0 Å². The first-order chi connectivity index (χ1) is 25.6. The highest BCUT2D eigenvalue weighted by molar-refractivity contribution is 7.23. The molecule has 2 saturated heterocycles. The number of benzene rings is 4. The molecule has 0 aliphatic carbocycles. The molecular formula is C43H44N2O5S2. The molecule has 0 spiro atoms. The van der Waals surface area contributed by atoms with Gasteiger partial charge in [0.1, 0.15) is 36.2 Å². The summed E-state index contributed by atoms with van der Waals surface area (Å²) >= 11 is 3.24. The minimum Gasteiger partial charge on any atom is -0.497 e. The van der Waals surface area contributed by atoms with Crippen LogP contribution in [0.2, 0.25) is 0 Å². The number of fused-ring (bicyclic) bond motifs is 2. The van der Waals surface area contributed by atoms with E-state index in [1.807, 2.05) is 60.7 Å². The van der Waals surface area contributed by atoms with Crippen LogP contribution < -0.4 is 18.9 Å². The smallest absolute Gasteiger partial charge is 0.197 e. The van der Waals surface area contributed by atoms with E-state index in [1.165, 1.54) is 25.7 Å². The Bertz CT molecular complexity index is 2010. The summed E-state index contributed by atoms with van der Waals surface area (Å²) in [5, 5.41) is 1.83. The van der Waals surface area contributed by atoms with Crippen LogP contribution >= 0.6 is 22.7 Å². The number of methoxy groups -OCH3 is 2. The van der Waals surface area contributed by atoms with E-state index in [-0.39, 0.29) is 5.78 Å². The third kappa shape index (κ3) is 7.28. The van der Waals surface area contributed by atoms with E-state index in [0.717, 1.165) is 103 Å². The molecule has 0 N–H and O–H groups in total. The van der Waals surface area contributed by atoms with Crippen molar-refractivity contribution in [1.82, 2.24) is 9.80 Å². The van der Waals surface area contributed by atoms with Crippen molar-refractivity contribution in [2.24, 2.45) is 0 Å². The van der Waals surface area contributed by atoms with Gasteiger partial charge >= 0.3 is 0 Å². The highest BCUT2D eigenvalue weighted by atomic mass is 32.1.